The van der Waals surface area contributed by atoms with Crippen LogP contribution in [0.2, 0.25) is 0 Å². The molecule has 8 heteroatoms. The van der Waals surface area contributed by atoms with E-state index in [0.29, 0.717) is 6.42 Å². The van der Waals surface area contributed by atoms with E-state index in [1.807, 2.05) is 0 Å². The van der Waals surface area contributed by atoms with Crippen LogP contribution in [0, 0.1) is 0 Å². The maximum Gasteiger partial charge on any atom is 0.654 e. The lowest BCUT2D eigenvalue weighted by Crippen LogP contribution is -2.36. The zero-order valence-corrected chi connectivity index (χ0v) is 13.5. The van der Waals surface area contributed by atoms with Crippen LogP contribution in [0.3, 0.4) is 0 Å². The predicted octanol–water partition coefficient (Wildman–Crippen LogP) is 4.65. The molecule has 1 fully saturated rings. The second-order valence-corrected chi connectivity index (χ2v) is 6.26. The van der Waals surface area contributed by atoms with Gasteiger partial charge in [0.15, 0.2) is 0 Å². The van der Waals surface area contributed by atoms with Gasteiger partial charge in [-0.2, -0.15) is 4.57 Å². The largest absolute Gasteiger partial charge is 0.654 e. The lowest BCUT2D eigenvalue weighted by molar-refractivity contribution is -0.337. The van der Waals surface area contributed by atoms with E-state index in [1.54, 1.807) is 0 Å². The molecule has 0 aliphatic carbocycles. The molecule has 3 aliphatic rings. The fraction of sp³-hybridized carbons (Fsp3) is 0.571. The second kappa shape index (κ2) is 7.01. The summed E-state index contributed by atoms with van der Waals surface area (Å²) in [5.41, 5.74) is 0. The first kappa shape index (κ1) is 16.6. The third-order valence-electron chi connectivity index (χ3n) is 3.11. The van der Waals surface area contributed by atoms with Gasteiger partial charge in [0.05, 0.1) is 18.9 Å². The second-order valence-electron chi connectivity index (χ2n) is 4.81. The van der Waals surface area contributed by atoms with E-state index in [1.165, 1.54) is 18.9 Å². The smallest absolute Gasteiger partial charge is 0.429 e. The van der Waals surface area contributed by atoms with Gasteiger partial charge in [-0.15, -0.1) is 0 Å². The summed E-state index contributed by atoms with van der Waals surface area (Å²) in [4.78, 5) is 0. The fourth-order valence-corrected chi connectivity index (χ4v) is 3.06. The van der Waals surface area contributed by atoms with Gasteiger partial charge in [-0.3, -0.25) is 0 Å². The van der Waals surface area contributed by atoms with Crippen LogP contribution >= 0.6 is 7.82 Å². The molecule has 3 rings (SSSR count). The maximum atomic E-state index is 11.5. The molecule has 0 aromatic carbocycles. The SMILES string of the molecule is C=COC(CCCCCCC)(OC=C)OC1=C2OP(=O)(O1)O2. The topological polar surface area (TPSA) is 72.5 Å². The van der Waals surface area contributed by atoms with Crippen molar-refractivity contribution >= 4 is 7.82 Å². The predicted molar refractivity (Wildman–Crippen MR) is 77.6 cm³/mol. The van der Waals surface area contributed by atoms with Gasteiger partial charge >= 0.3 is 25.7 Å². The van der Waals surface area contributed by atoms with Crippen LogP contribution in [0.25, 0.3) is 0 Å². The van der Waals surface area contributed by atoms with Crippen LogP contribution in [0.5, 0.6) is 0 Å². The molecule has 3 aliphatic heterocycles. The van der Waals surface area contributed by atoms with Gasteiger partial charge in [0, 0.05) is 0 Å². The highest BCUT2D eigenvalue weighted by Crippen LogP contribution is 2.70. The molecule has 0 radical (unpaired) electrons. The maximum absolute atomic E-state index is 11.5. The van der Waals surface area contributed by atoms with Crippen LogP contribution in [-0.2, 0) is 32.3 Å². The van der Waals surface area contributed by atoms with Crippen LogP contribution in [0.4, 0.5) is 0 Å². The number of phosphoric ester groups is 1. The highest BCUT2D eigenvalue weighted by atomic mass is 31.2. The molecule has 3 heterocycles. The van der Waals surface area contributed by atoms with Crippen LogP contribution in [0.15, 0.2) is 37.6 Å². The molecule has 124 valence electrons. The van der Waals surface area contributed by atoms with Crippen molar-refractivity contribution in [2.45, 2.75) is 51.4 Å². The Hall–Kier alpha value is -1.75. The summed E-state index contributed by atoms with van der Waals surface area (Å²) in [7, 11) is -3.48. The molecule has 1 saturated heterocycles. The van der Waals surface area contributed by atoms with Crippen LogP contribution < -0.4 is 0 Å². The highest BCUT2D eigenvalue weighted by molar-refractivity contribution is 7.50. The molecular weight excluding hydrogens is 311 g/mol. The highest BCUT2D eigenvalue weighted by Gasteiger charge is 2.60. The molecule has 0 amide bonds. The lowest BCUT2D eigenvalue weighted by Gasteiger charge is -2.30. The van der Waals surface area contributed by atoms with Crippen molar-refractivity contribution in [1.29, 1.82) is 0 Å². The lowest BCUT2D eigenvalue weighted by atomic mass is 10.1. The quantitative estimate of drug-likeness (QED) is 0.223. The van der Waals surface area contributed by atoms with Crippen molar-refractivity contribution in [3.8, 4) is 0 Å². The Labute approximate surface area is 130 Å². The summed E-state index contributed by atoms with van der Waals surface area (Å²) in [5.74, 6) is -1.72. The zero-order chi connectivity index (χ0) is 16.1. The molecule has 2 bridgehead atoms. The fourth-order valence-electron chi connectivity index (χ4n) is 2.11. The van der Waals surface area contributed by atoms with Gasteiger partial charge in [0.1, 0.15) is 0 Å². The first-order valence-corrected chi connectivity index (χ1v) is 8.72. The van der Waals surface area contributed by atoms with Crippen molar-refractivity contribution in [1.82, 2.24) is 0 Å². The summed E-state index contributed by atoms with van der Waals surface area (Å²) in [5, 5.41) is 0. The Morgan fingerprint density at radius 1 is 1.09 bits per heavy atom. The van der Waals surface area contributed by atoms with E-state index in [2.05, 4.69) is 20.1 Å². The van der Waals surface area contributed by atoms with Gasteiger partial charge in [-0.05, 0) is 6.42 Å². The molecule has 7 nitrogen and oxygen atoms in total. The van der Waals surface area contributed by atoms with Crippen molar-refractivity contribution in [3.63, 3.8) is 0 Å². The number of hydrogen-bond acceptors (Lipinski definition) is 7. The summed E-state index contributed by atoms with van der Waals surface area (Å²) in [6.07, 6.45) is 8.03. The van der Waals surface area contributed by atoms with Gasteiger partial charge < -0.3 is 27.8 Å². The molecule has 22 heavy (non-hydrogen) atoms. The summed E-state index contributed by atoms with van der Waals surface area (Å²) >= 11 is 0. The van der Waals surface area contributed by atoms with Crippen LogP contribution in [0.1, 0.15) is 45.4 Å². The van der Waals surface area contributed by atoms with Crippen molar-refractivity contribution in [3.05, 3.63) is 37.6 Å². The Morgan fingerprint density at radius 2 is 1.73 bits per heavy atom. The minimum Gasteiger partial charge on any atom is -0.429 e. The Bertz CT molecular complexity index is 477. The van der Waals surface area contributed by atoms with E-state index >= 15 is 0 Å². The molecule has 0 aromatic rings. The van der Waals surface area contributed by atoms with Crippen molar-refractivity contribution in [2.24, 2.45) is 0 Å². The first-order valence-electron chi connectivity index (χ1n) is 7.26. The third kappa shape index (κ3) is 3.71. The minimum atomic E-state index is -3.48. The average molecular weight is 332 g/mol. The number of phosphoric acid groups is 1. The minimum absolute atomic E-state index is 0.0704. The van der Waals surface area contributed by atoms with E-state index in [-0.39, 0.29) is 11.9 Å². The summed E-state index contributed by atoms with van der Waals surface area (Å²) in [6.45, 7) is 9.17. The van der Waals surface area contributed by atoms with E-state index < -0.39 is 13.8 Å². The summed E-state index contributed by atoms with van der Waals surface area (Å²) < 4.78 is 42.4. The van der Waals surface area contributed by atoms with Gasteiger partial charge in [0.25, 0.3) is 0 Å². The van der Waals surface area contributed by atoms with E-state index in [9.17, 15) is 4.57 Å². The van der Waals surface area contributed by atoms with Gasteiger partial charge in [-0.25, -0.2) is 0 Å². The summed E-state index contributed by atoms with van der Waals surface area (Å²) in [6, 6.07) is 0. The molecule has 0 unspecified atom stereocenters. The van der Waals surface area contributed by atoms with E-state index in [4.69, 9.17) is 27.8 Å². The standard InChI is InChI=1S/C14H21O7P/c1-4-7-8-9-10-11-14(16-5-2,17-6-3)18-12-13-20-22(15,19-12)21-13/h5-6H,2-4,7-11H2,1H3. The molecule has 0 N–H and O–H groups in total. The zero-order valence-electron chi connectivity index (χ0n) is 12.6. The molecule has 0 aromatic heterocycles. The third-order valence-corrected chi connectivity index (χ3v) is 4.28. The van der Waals surface area contributed by atoms with Crippen LogP contribution in [-0.4, -0.2) is 5.97 Å². The first-order chi connectivity index (χ1) is 10.6. The molecule has 0 saturated carbocycles. The Kier molecular flexibility index (Phi) is 5.29. The normalized spacial score (nSPS) is 17.5. The number of rotatable bonds is 12. The molecule has 0 atom stereocenters. The molecular formula is C14H21O7P. The number of hydrogen-bond donors (Lipinski definition) is 0. The van der Waals surface area contributed by atoms with Gasteiger partial charge in [-0.1, -0.05) is 45.8 Å². The van der Waals surface area contributed by atoms with Gasteiger partial charge in [0.2, 0.25) is 0 Å². The monoisotopic (exact) mass is 332 g/mol. The Morgan fingerprint density at radius 3 is 2.23 bits per heavy atom. The van der Waals surface area contributed by atoms with Crippen molar-refractivity contribution < 1.29 is 32.3 Å². The average Bonchev–Trinajstić information content (AvgIpc) is 2.91. The number of ether oxygens (including phenoxy) is 3. The Balaban J connectivity index is 1.97. The molecule has 0 spiro atoms. The van der Waals surface area contributed by atoms with E-state index in [0.717, 1.165) is 25.7 Å². The number of fused-ring (bicyclic) bond motifs is 1. The number of unbranched alkanes of at least 4 members (excludes halogenated alkanes) is 4. The van der Waals surface area contributed by atoms with Crippen molar-refractivity contribution in [2.75, 3.05) is 0 Å².